The van der Waals surface area contributed by atoms with Gasteiger partial charge in [0.25, 0.3) is 0 Å². The van der Waals surface area contributed by atoms with Gasteiger partial charge in [-0.05, 0) is 21.9 Å². The summed E-state index contributed by atoms with van der Waals surface area (Å²) in [5.74, 6) is 1.19. The van der Waals surface area contributed by atoms with Crippen molar-refractivity contribution in [3.63, 3.8) is 0 Å². The summed E-state index contributed by atoms with van der Waals surface area (Å²) in [6.07, 6.45) is 3.35. The van der Waals surface area contributed by atoms with Gasteiger partial charge in [0.05, 0.1) is 12.4 Å². The molecule has 3 rings (SSSR count). The fraction of sp³-hybridized carbons (Fsp3) is 0.231. The largest absolute Gasteiger partial charge is 0.368 e. The van der Waals surface area contributed by atoms with Crippen LogP contribution in [0.1, 0.15) is 18.4 Å². The van der Waals surface area contributed by atoms with Gasteiger partial charge in [-0.2, -0.15) is 4.52 Å². The lowest BCUT2D eigenvalue weighted by atomic mass is 10.0. The van der Waals surface area contributed by atoms with Crippen LogP contribution in [-0.2, 0) is 0 Å². The van der Waals surface area contributed by atoms with E-state index >= 15 is 0 Å². The molecular weight excluding hydrogens is 240 g/mol. The summed E-state index contributed by atoms with van der Waals surface area (Å²) in [7, 11) is 0. The fourth-order valence-corrected chi connectivity index (χ4v) is 1.95. The molecule has 0 amide bonds. The number of benzene rings is 1. The van der Waals surface area contributed by atoms with Crippen molar-refractivity contribution in [2.45, 2.75) is 12.8 Å². The molecule has 0 spiro atoms. The van der Waals surface area contributed by atoms with Gasteiger partial charge in [0.15, 0.2) is 5.65 Å². The molecule has 0 saturated heterocycles. The minimum atomic E-state index is 0.396. The summed E-state index contributed by atoms with van der Waals surface area (Å²) in [5.41, 5.74) is 1.93. The van der Waals surface area contributed by atoms with Crippen LogP contribution in [0.25, 0.3) is 5.65 Å². The Morgan fingerprint density at radius 2 is 2.05 bits per heavy atom. The molecule has 0 aliphatic heterocycles. The third-order valence-corrected chi connectivity index (χ3v) is 3.07. The quantitative estimate of drug-likeness (QED) is 0.768. The number of hydrogen-bond donors (Lipinski definition) is 1. The number of nitrogens with zero attached hydrogens (tertiary/aromatic N) is 5. The molecule has 6 heteroatoms. The van der Waals surface area contributed by atoms with Crippen molar-refractivity contribution in [2.75, 3.05) is 11.9 Å². The average Bonchev–Trinajstić information content (AvgIpc) is 2.94. The standard InChI is InChI=1S/C13H14N6/c1-10(11-5-3-2-4-6-11)7-15-12-8-14-9-13-16-17-18-19(12)13/h2-6,8-10,15H,7H2,1H3. The number of anilines is 1. The van der Waals surface area contributed by atoms with Crippen molar-refractivity contribution in [1.82, 2.24) is 25.0 Å². The van der Waals surface area contributed by atoms with Gasteiger partial charge >= 0.3 is 0 Å². The Hall–Kier alpha value is -2.50. The molecule has 0 aliphatic carbocycles. The highest BCUT2D eigenvalue weighted by Gasteiger charge is 2.07. The van der Waals surface area contributed by atoms with Gasteiger partial charge in [-0.3, -0.25) is 4.98 Å². The molecule has 3 aromatic rings. The SMILES string of the molecule is CC(CNc1cncc2nnnn12)c1ccccc1. The van der Waals surface area contributed by atoms with Crippen LogP contribution in [-0.4, -0.2) is 31.6 Å². The van der Waals surface area contributed by atoms with Gasteiger partial charge in [-0.1, -0.05) is 37.3 Å². The third-order valence-electron chi connectivity index (χ3n) is 3.07. The highest BCUT2D eigenvalue weighted by atomic mass is 15.5. The maximum absolute atomic E-state index is 4.11. The normalized spacial score (nSPS) is 12.5. The zero-order valence-electron chi connectivity index (χ0n) is 10.6. The van der Waals surface area contributed by atoms with Gasteiger partial charge in [-0.15, -0.1) is 5.10 Å². The van der Waals surface area contributed by atoms with E-state index in [4.69, 9.17) is 0 Å². The lowest BCUT2D eigenvalue weighted by molar-refractivity contribution is 0.778. The lowest BCUT2D eigenvalue weighted by Crippen LogP contribution is -2.12. The summed E-state index contributed by atoms with van der Waals surface area (Å²) in [5, 5.41) is 14.7. The monoisotopic (exact) mass is 254 g/mol. The van der Waals surface area contributed by atoms with E-state index in [-0.39, 0.29) is 0 Å². The van der Waals surface area contributed by atoms with Crippen LogP contribution >= 0.6 is 0 Å². The summed E-state index contributed by atoms with van der Waals surface area (Å²) < 4.78 is 1.64. The minimum Gasteiger partial charge on any atom is -0.368 e. The van der Waals surface area contributed by atoms with E-state index in [9.17, 15) is 0 Å². The molecule has 1 unspecified atom stereocenters. The molecule has 2 heterocycles. The van der Waals surface area contributed by atoms with Crippen LogP contribution in [0.5, 0.6) is 0 Å². The third kappa shape index (κ3) is 2.37. The molecule has 1 N–H and O–H groups in total. The van der Waals surface area contributed by atoms with E-state index in [1.807, 2.05) is 6.07 Å². The van der Waals surface area contributed by atoms with Crippen LogP contribution in [0, 0.1) is 0 Å². The van der Waals surface area contributed by atoms with Crippen LogP contribution in [0.4, 0.5) is 5.82 Å². The van der Waals surface area contributed by atoms with Gasteiger partial charge < -0.3 is 5.32 Å². The molecule has 96 valence electrons. The van der Waals surface area contributed by atoms with Crippen molar-refractivity contribution < 1.29 is 0 Å². The van der Waals surface area contributed by atoms with E-state index in [1.54, 1.807) is 16.9 Å². The Labute approximate surface area is 110 Å². The maximum atomic E-state index is 4.11. The summed E-state index contributed by atoms with van der Waals surface area (Å²) >= 11 is 0. The van der Waals surface area contributed by atoms with E-state index in [0.717, 1.165) is 12.4 Å². The van der Waals surface area contributed by atoms with E-state index in [0.29, 0.717) is 11.6 Å². The molecule has 6 nitrogen and oxygen atoms in total. The van der Waals surface area contributed by atoms with Crippen LogP contribution in [0.15, 0.2) is 42.7 Å². The van der Waals surface area contributed by atoms with Crippen LogP contribution < -0.4 is 5.32 Å². The van der Waals surface area contributed by atoms with Crippen molar-refractivity contribution in [3.05, 3.63) is 48.3 Å². The molecular formula is C13H14N6. The Kier molecular flexibility index (Phi) is 3.06. The van der Waals surface area contributed by atoms with Crippen molar-refractivity contribution in [1.29, 1.82) is 0 Å². The Bertz CT molecular complexity index is 663. The molecule has 0 saturated carbocycles. The Balaban J connectivity index is 1.74. The number of fused-ring (bicyclic) bond motifs is 1. The first kappa shape index (κ1) is 11.6. The average molecular weight is 254 g/mol. The molecule has 0 bridgehead atoms. The molecule has 19 heavy (non-hydrogen) atoms. The van der Waals surface area contributed by atoms with E-state index < -0.39 is 0 Å². The van der Waals surface area contributed by atoms with Gasteiger partial charge in [0.1, 0.15) is 5.82 Å². The Morgan fingerprint density at radius 1 is 1.21 bits per heavy atom. The molecule has 0 radical (unpaired) electrons. The van der Waals surface area contributed by atoms with Crippen molar-refractivity contribution in [2.24, 2.45) is 0 Å². The number of rotatable bonds is 4. The molecule has 1 atom stereocenters. The first-order valence-electron chi connectivity index (χ1n) is 6.15. The topological polar surface area (TPSA) is 68.0 Å². The van der Waals surface area contributed by atoms with Gasteiger partial charge in [-0.25, -0.2) is 0 Å². The predicted octanol–water partition coefficient (Wildman–Crippen LogP) is 1.73. The number of nitrogens with one attached hydrogen (secondary N) is 1. The van der Waals surface area contributed by atoms with E-state index in [2.05, 4.69) is 57.0 Å². The number of aromatic nitrogens is 5. The highest BCUT2D eigenvalue weighted by molar-refractivity contribution is 5.43. The van der Waals surface area contributed by atoms with Crippen molar-refractivity contribution >= 4 is 11.5 Å². The van der Waals surface area contributed by atoms with Gasteiger partial charge in [0.2, 0.25) is 0 Å². The zero-order valence-corrected chi connectivity index (χ0v) is 10.6. The highest BCUT2D eigenvalue weighted by Crippen LogP contribution is 2.15. The molecule has 0 fully saturated rings. The molecule has 1 aromatic carbocycles. The maximum Gasteiger partial charge on any atom is 0.199 e. The first-order valence-corrected chi connectivity index (χ1v) is 6.15. The second-order valence-electron chi connectivity index (χ2n) is 4.43. The molecule has 2 aromatic heterocycles. The second kappa shape index (κ2) is 5.01. The van der Waals surface area contributed by atoms with Crippen LogP contribution in [0.3, 0.4) is 0 Å². The van der Waals surface area contributed by atoms with Crippen LogP contribution in [0.2, 0.25) is 0 Å². The first-order chi connectivity index (χ1) is 9.34. The van der Waals surface area contributed by atoms with Crippen molar-refractivity contribution in [3.8, 4) is 0 Å². The second-order valence-corrected chi connectivity index (χ2v) is 4.43. The number of hydrogen-bond acceptors (Lipinski definition) is 5. The fourth-order valence-electron chi connectivity index (χ4n) is 1.95. The predicted molar refractivity (Wildman–Crippen MR) is 71.9 cm³/mol. The smallest absolute Gasteiger partial charge is 0.199 e. The van der Waals surface area contributed by atoms with E-state index in [1.165, 1.54) is 5.56 Å². The summed E-state index contributed by atoms with van der Waals surface area (Å²) in [6.45, 7) is 2.97. The summed E-state index contributed by atoms with van der Waals surface area (Å²) in [4.78, 5) is 4.11. The Morgan fingerprint density at radius 3 is 2.89 bits per heavy atom. The number of tetrazole rings is 1. The minimum absolute atomic E-state index is 0.396. The molecule has 0 aliphatic rings. The lowest BCUT2D eigenvalue weighted by Gasteiger charge is -2.13. The van der Waals surface area contributed by atoms with Gasteiger partial charge in [0, 0.05) is 6.54 Å². The summed E-state index contributed by atoms with van der Waals surface area (Å²) in [6, 6.07) is 10.4. The zero-order chi connectivity index (χ0) is 13.1.